The summed E-state index contributed by atoms with van der Waals surface area (Å²) < 4.78 is 42.1. The molecule has 0 aliphatic heterocycles. The van der Waals surface area contributed by atoms with Crippen LogP contribution in [0.25, 0.3) is 10.9 Å². The minimum absolute atomic E-state index is 0.0277. The Balaban J connectivity index is 1.66. The van der Waals surface area contributed by atoms with E-state index in [1.807, 2.05) is 0 Å². The van der Waals surface area contributed by atoms with Gasteiger partial charge in [-0.3, -0.25) is 19.1 Å². The normalized spacial score (nSPS) is 11.4. The number of primary amides is 1. The molecule has 0 spiro atoms. The van der Waals surface area contributed by atoms with Gasteiger partial charge in [0.2, 0.25) is 11.8 Å². The van der Waals surface area contributed by atoms with Crippen LogP contribution in [-0.4, -0.2) is 37.6 Å². The average molecular weight is 512 g/mol. The molecule has 10 nitrogen and oxygen atoms in total. The number of aromatic hydroxyl groups is 1. The lowest BCUT2D eigenvalue weighted by molar-refractivity contribution is -0.141. The molecular weight excluding hydrogens is 493 g/mol. The van der Waals surface area contributed by atoms with Gasteiger partial charge in [0.25, 0.3) is 5.91 Å². The molecule has 4 aromatic rings. The summed E-state index contributed by atoms with van der Waals surface area (Å²) in [5.41, 5.74) is 3.08. The fraction of sp³-hybridized carbons (Fsp3) is 0.125. The fourth-order valence-corrected chi connectivity index (χ4v) is 3.63. The molecule has 0 saturated heterocycles. The Hall–Kier alpha value is -4.94. The maximum atomic E-state index is 13.8. The van der Waals surface area contributed by atoms with Crippen molar-refractivity contribution in [3.8, 4) is 5.75 Å². The Bertz CT molecular complexity index is 1550. The molecule has 2 aromatic heterocycles. The van der Waals surface area contributed by atoms with Crippen molar-refractivity contribution in [2.45, 2.75) is 19.6 Å². The van der Waals surface area contributed by atoms with Crippen LogP contribution >= 0.6 is 0 Å². The third kappa shape index (κ3) is 5.19. The topological polar surface area (TPSA) is 152 Å². The number of halogens is 3. The van der Waals surface area contributed by atoms with E-state index in [-0.39, 0.29) is 33.9 Å². The lowest BCUT2D eigenvalue weighted by atomic mass is 10.1. The molecule has 0 aliphatic carbocycles. The molecule has 2 aromatic carbocycles. The van der Waals surface area contributed by atoms with E-state index < -0.39 is 41.8 Å². The van der Waals surface area contributed by atoms with E-state index >= 15 is 0 Å². The third-order valence-corrected chi connectivity index (χ3v) is 5.40. The first-order valence-corrected chi connectivity index (χ1v) is 10.7. The van der Waals surface area contributed by atoms with Gasteiger partial charge in [0, 0.05) is 5.39 Å². The number of phenolic OH excluding ortho intramolecular Hbond substituents is 1. The first-order chi connectivity index (χ1) is 17.5. The Labute approximate surface area is 206 Å². The molecule has 0 fully saturated rings. The summed E-state index contributed by atoms with van der Waals surface area (Å²) in [6, 6.07) is 13.2. The SMILES string of the molecule is Cc1c(NC(=O)c2cc(C(N)=O)c3ccccc3n2)c(C(F)(F)F)nn1CC(=O)Nc1ccccc1O. The second kappa shape index (κ2) is 9.60. The molecule has 2 heterocycles. The number of anilines is 2. The van der Waals surface area contributed by atoms with E-state index in [4.69, 9.17) is 5.73 Å². The Morgan fingerprint density at radius 1 is 1.05 bits per heavy atom. The number of carbonyl (C=O) groups excluding carboxylic acids is 3. The second-order valence-corrected chi connectivity index (χ2v) is 7.92. The number of nitrogens with zero attached hydrogens (tertiary/aromatic N) is 3. The van der Waals surface area contributed by atoms with Crippen molar-refractivity contribution in [1.29, 1.82) is 0 Å². The highest BCUT2D eigenvalue weighted by atomic mass is 19.4. The van der Waals surface area contributed by atoms with Gasteiger partial charge in [-0.1, -0.05) is 30.3 Å². The van der Waals surface area contributed by atoms with Gasteiger partial charge in [-0.05, 0) is 31.2 Å². The van der Waals surface area contributed by atoms with E-state index in [0.717, 1.165) is 10.7 Å². The van der Waals surface area contributed by atoms with Crippen LogP contribution in [0.1, 0.15) is 32.2 Å². The number of rotatable bonds is 6. The summed E-state index contributed by atoms with van der Waals surface area (Å²) in [4.78, 5) is 41.4. The highest BCUT2D eigenvalue weighted by Crippen LogP contribution is 2.36. The number of phenols is 1. The highest BCUT2D eigenvalue weighted by molar-refractivity contribution is 6.10. The highest BCUT2D eigenvalue weighted by Gasteiger charge is 2.39. The number of para-hydroxylation sites is 3. The van der Waals surface area contributed by atoms with Crippen molar-refractivity contribution >= 4 is 40.0 Å². The maximum Gasteiger partial charge on any atom is 0.437 e. The number of nitrogens with one attached hydrogen (secondary N) is 2. The standard InChI is InChI=1S/C24H19F3N6O4/c1-12-20(31-23(37)17-10-14(22(28)36)13-6-2-3-7-15(13)29-17)21(24(25,26)27)32-33(12)11-19(35)30-16-8-4-5-9-18(16)34/h2-10,34H,11H2,1H3,(H2,28,36)(H,30,35)(H,31,37). The lowest BCUT2D eigenvalue weighted by Gasteiger charge is -2.11. The number of hydrogen-bond donors (Lipinski definition) is 4. The Morgan fingerprint density at radius 3 is 2.41 bits per heavy atom. The van der Waals surface area contributed by atoms with E-state index in [2.05, 4.69) is 20.7 Å². The number of fused-ring (bicyclic) bond motifs is 1. The van der Waals surface area contributed by atoms with E-state index in [9.17, 15) is 32.7 Å². The van der Waals surface area contributed by atoms with Gasteiger partial charge in [0.15, 0.2) is 5.69 Å². The van der Waals surface area contributed by atoms with Crippen LogP contribution in [0.4, 0.5) is 24.5 Å². The first-order valence-electron chi connectivity index (χ1n) is 10.7. The number of benzene rings is 2. The minimum atomic E-state index is -4.97. The van der Waals surface area contributed by atoms with Crippen molar-refractivity contribution < 1.29 is 32.7 Å². The molecule has 5 N–H and O–H groups in total. The van der Waals surface area contributed by atoms with E-state index in [1.54, 1.807) is 24.3 Å². The molecule has 0 saturated carbocycles. The van der Waals surface area contributed by atoms with E-state index in [1.165, 1.54) is 31.2 Å². The van der Waals surface area contributed by atoms with Crippen LogP contribution in [0.5, 0.6) is 5.75 Å². The van der Waals surface area contributed by atoms with Gasteiger partial charge in [-0.2, -0.15) is 18.3 Å². The van der Waals surface area contributed by atoms with Crippen LogP contribution in [0, 0.1) is 6.92 Å². The van der Waals surface area contributed by atoms with Crippen LogP contribution < -0.4 is 16.4 Å². The molecule has 0 aliphatic rings. The quantitative estimate of drug-likeness (QED) is 0.291. The van der Waals surface area contributed by atoms with E-state index in [0.29, 0.717) is 5.39 Å². The number of carbonyl (C=O) groups is 3. The average Bonchev–Trinajstić information content (AvgIpc) is 3.15. The molecule has 13 heteroatoms. The molecule has 0 radical (unpaired) electrons. The summed E-state index contributed by atoms with van der Waals surface area (Å²) >= 11 is 0. The molecular formula is C24H19F3N6O4. The molecule has 0 bridgehead atoms. The third-order valence-electron chi connectivity index (χ3n) is 5.40. The lowest BCUT2D eigenvalue weighted by Crippen LogP contribution is -2.21. The Morgan fingerprint density at radius 2 is 1.73 bits per heavy atom. The predicted octanol–water partition coefficient (Wildman–Crippen LogP) is 3.45. The van der Waals surface area contributed by atoms with Crippen LogP contribution in [0.2, 0.25) is 0 Å². The van der Waals surface area contributed by atoms with Gasteiger partial charge in [-0.15, -0.1) is 0 Å². The van der Waals surface area contributed by atoms with Crippen molar-refractivity contribution in [1.82, 2.24) is 14.8 Å². The number of alkyl halides is 3. The summed E-state index contributed by atoms with van der Waals surface area (Å²) in [5, 5.41) is 18.2. The Kier molecular flexibility index (Phi) is 6.53. The van der Waals surface area contributed by atoms with Crippen molar-refractivity contribution in [3.63, 3.8) is 0 Å². The summed E-state index contributed by atoms with van der Waals surface area (Å²) in [7, 11) is 0. The fourth-order valence-electron chi connectivity index (χ4n) is 3.63. The van der Waals surface area contributed by atoms with Crippen LogP contribution in [0.3, 0.4) is 0 Å². The van der Waals surface area contributed by atoms with Crippen LogP contribution in [0.15, 0.2) is 54.6 Å². The molecule has 190 valence electrons. The number of hydrogen-bond acceptors (Lipinski definition) is 6. The van der Waals surface area contributed by atoms with Crippen molar-refractivity contribution in [2.75, 3.05) is 10.6 Å². The zero-order valence-electron chi connectivity index (χ0n) is 19.1. The number of nitrogens with two attached hydrogens (primary N) is 1. The first kappa shape index (κ1) is 25.2. The van der Waals surface area contributed by atoms with Gasteiger partial charge in [0.1, 0.15) is 18.0 Å². The summed E-state index contributed by atoms with van der Waals surface area (Å²) in [6.07, 6.45) is -4.97. The van der Waals surface area contributed by atoms with Gasteiger partial charge in [-0.25, -0.2) is 4.98 Å². The molecule has 0 unspecified atom stereocenters. The van der Waals surface area contributed by atoms with Gasteiger partial charge < -0.3 is 21.5 Å². The number of amides is 3. The molecule has 4 rings (SSSR count). The molecule has 0 atom stereocenters. The largest absolute Gasteiger partial charge is 0.506 e. The smallest absolute Gasteiger partial charge is 0.437 e. The molecule has 3 amide bonds. The monoisotopic (exact) mass is 512 g/mol. The number of aromatic nitrogens is 3. The predicted molar refractivity (Wildman–Crippen MR) is 127 cm³/mol. The van der Waals surface area contributed by atoms with Crippen molar-refractivity contribution in [3.05, 3.63) is 77.2 Å². The van der Waals surface area contributed by atoms with Gasteiger partial charge >= 0.3 is 6.18 Å². The van der Waals surface area contributed by atoms with Crippen molar-refractivity contribution in [2.24, 2.45) is 5.73 Å². The van der Waals surface area contributed by atoms with Gasteiger partial charge in [0.05, 0.1) is 28.1 Å². The second-order valence-electron chi connectivity index (χ2n) is 7.92. The molecule has 37 heavy (non-hydrogen) atoms. The maximum absolute atomic E-state index is 13.8. The minimum Gasteiger partial charge on any atom is -0.506 e. The zero-order chi connectivity index (χ0) is 26.9. The van der Waals surface area contributed by atoms with Crippen LogP contribution in [-0.2, 0) is 17.5 Å². The number of pyridine rings is 1. The zero-order valence-corrected chi connectivity index (χ0v) is 19.1. The summed E-state index contributed by atoms with van der Waals surface area (Å²) in [6.45, 7) is 0.604. The summed E-state index contributed by atoms with van der Waals surface area (Å²) in [5.74, 6) is -2.88.